The molecule has 1 aromatic rings. The van der Waals surface area contributed by atoms with Crippen LogP contribution in [0, 0.1) is 0 Å². The van der Waals surface area contributed by atoms with Gasteiger partial charge in [-0.25, -0.2) is 0 Å². The summed E-state index contributed by atoms with van der Waals surface area (Å²) in [5, 5.41) is 0. The number of carbonyl (C=O) groups excluding carboxylic acids is 1. The molecule has 0 N–H and O–H groups in total. The summed E-state index contributed by atoms with van der Waals surface area (Å²) in [5.74, 6) is 0.522. The Morgan fingerprint density at radius 1 is 0.781 bits per heavy atom. The second kappa shape index (κ2) is 17.0. The Hall–Kier alpha value is -2.61. The molecule has 174 valence electrons. The highest BCUT2D eigenvalue weighted by Gasteiger charge is 2.19. The SMILES string of the molecule is CCC=CCC=CCC=CCC=CCC=CCCCC(=O)Oc1ccccc1C(C)(C)C. The summed E-state index contributed by atoms with van der Waals surface area (Å²) in [7, 11) is 0. The van der Waals surface area contributed by atoms with Crippen molar-refractivity contribution < 1.29 is 9.53 Å². The first kappa shape index (κ1) is 27.4. The second-order valence-electron chi connectivity index (χ2n) is 8.82. The Balaban J connectivity index is 2.14. The van der Waals surface area contributed by atoms with Crippen molar-refractivity contribution in [1.82, 2.24) is 0 Å². The molecule has 0 saturated heterocycles. The number of carbonyl (C=O) groups is 1. The molecule has 32 heavy (non-hydrogen) atoms. The molecular weight excluding hydrogens is 392 g/mol. The fourth-order valence-electron chi connectivity index (χ4n) is 3.08. The monoisotopic (exact) mass is 434 g/mol. The number of hydrogen-bond donors (Lipinski definition) is 0. The molecule has 0 spiro atoms. The molecule has 0 atom stereocenters. The maximum absolute atomic E-state index is 12.2. The van der Waals surface area contributed by atoms with Crippen molar-refractivity contribution in [2.45, 2.75) is 84.5 Å². The lowest BCUT2D eigenvalue weighted by atomic mass is 9.86. The number of rotatable bonds is 14. The van der Waals surface area contributed by atoms with Gasteiger partial charge in [0.05, 0.1) is 0 Å². The summed E-state index contributed by atoms with van der Waals surface area (Å²) in [6, 6.07) is 7.80. The smallest absolute Gasteiger partial charge is 0.311 e. The average Bonchev–Trinajstić information content (AvgIpc) is 2.75. The largest absolute Gasteiger partial charge is 0.426 e. The molecule has 0 aliphatic carbocycles. The van der Waals surface area contributed by atoms with Crippen LogP contribution in [0.2, 0.25) is 0 Å². The van der Waals surface area contributed by atoms with Gasteiger partial charge in [0.15, 0.2) is 0 Å². The van der Waals surface area contributed by atoms with Crippen molar-refractivity contribution >= 4 is 5.97 Å². The molecule has 0 amide bonds. The fraction of sp³-hybridized carbons (Fsp3) is 0.433. The molecule has 0 aromatic heterocycles. The van der Waals surface area contributed by atoms with Gasteiger partial charge in [-0.05, 0) is 56.4 Å². The minimum atomic E-state index is -0.158. The molecule has 0 fully saturated rings. The average molecular weight is 435 g/mol. The van der Waals surface area contributed by atoms with Crippen molar-refractivity contribution in [3.8, 4) is 5.75 Å². The first-order chi connectivity index (χ1) is 15.4. The van der Waals surface area contributed by atoms with E-state index in [2.05, 4.69) is 88.5 Å². The van der Waals surface area contributed by atoms with Crippen LogP contribution in [0.1, 0.15) is 84.6 Å². The summed E-state index contributed by atoms with van der Waals surface area (Å²) in [6.07, 6.45) is 29.1. The summed E-state index contributed by atoms with van der Waals surface area (Å²) in [6.45, 7) is 8.53. The molecule has 1 rings (SSSR count). The topological polar surface area (TPSA) is 26.3 Å². The molecule has 0 unspecified atom stereocenters. The lowest BCUT2D eigenvalue weighted by molar-refractivity contribution is -0.134. The normalized spacial score (nSPS) is 12.9. The summed E-state index contributed by atoms with van der Waals surface area (Å²) in [5.41, 5.74) is 1.01. The van der Waals surface area contributed by atoms with E-state index < -0.39 is 0 Å². The van der Waals surface area contributed by atoms with Crippen molar-refractivity contribution in [3.63, 3.8) is 0 Å². The Bertz CT molecular complexity index is 785. The van der Waals surface area contributed by atoms with Crippen LogP contribution in [-0.2, 0) is 10.2 Å². The van der Waals surface area contributed by atoms with Gasteiger partial charge in [-0.2, -0.15) is 0 Å². The lowest BCUT2D eigenvalue weighted by Gasteiger charge is -2.22. The number of unbranched alkanes of at least 4 members (excludes halogenated alkanes) is 1. The van der Waals surface area contributed by atoms with Gasteiger partial charge in [-0.3, -0.25) is 4.79 Å². The van der Waals surface area contributed by atoms with E-state index in [1.165, 1.54) is 0 Å². The van der Waals surface area contributed by atoms with Gasteiger partial charge in [-0.15, -0.1) is 0 Å². The van der Waals surface area contributed by atoms with E-state index in [1.807, 2.05) is 24.3 Å². The number of ether oxygens (including phenoxy) is 1. The Morgan fingerprint density at radius 3 is 1.81 bits per heavy atom. The van der Waals surface area contributed by atoms with E-state index in [1.54, 1.807) is 0 Å². The van der Waals surface area contributed by atoms with E-state index in [4.69, 9.17) is 4.74 Å². The maximum Gasteiger partial charge on any atom is 0.311 e. The molecule has 0 aliphatic rings. The third kappa shape index (κ3) is 13.6. The minimum Gasteiger partial charge on any atom is -0.426 e. The Labute approximate surface area is 196 Å². The molecule has 0 heterocycles. The van der Waals surface area contributed by atoms with Crippen LogP contribution in [-0.4, -0.2) is 5.97 Å². The number of benzene rings is 1. The van der Waals surface area contributed by atoms with E-state index >= 15 is 0 Å². The third-order valence-corrected chi connectivity index (χ3v) is 4.83. The van der Waals surface area contributed by atoms with Crippen molar-refractivity contribution in [3.05, 3.63) is 90.6 Å². The second-order valence-corrected chi connectivity index (χ2v) is 8.82. The first-order valence-electron chi connectivity index (χ1n) is 12.0. The van der Waals surface area contributed by atoms with Gasteiger partial charge in [0, 0.05) is 12.0 Å². The molecule has 0 saturated carbocycles. The van der Waals surface area contributed by atoms with Gasteiger partial charge in [-0.1, -0.05) is 107 Å². The minimum absolute atomic E-state index is 0.0499. The van der Waals surface area contributed by atoms with Crippen molar-refractivity contribution in [2.24, 2.45) is 0 Å². The molecule has 2 heteroatoms. The number of para-hydroxylation sites is 1. The predicted molar refractivity (Wildman–Crippen MR) is 139 cm³/mol. The molecule has 0 aliphatic heterocycles. The van der Waals surface area contributed by atoms with E-state index in [-0.39, 0.29) is 11.4 Å². The van der Waals surface area contributed by atoms with Gasteiger partial charge in [0.1, 0.15) is 5.75 Å². The van der Waals surface area contributed by atoms with Crippen molar-refractivity contribution in [2.75, 3.05) is 0 Å². The van der Waals surface area contributed by atoms with Crippen LogP contribution >= 0.6 is 0 Å². The highest BCUT2D eigenvalue weighted by Crippen LogP contribution is 2.31. The highest BCUT2D eigenvalue weighted by molar-refractivity contribution is 5.72. The van der Waals surface area contributed by atoms with Gasteiger partial charge in [0.25, 0.3) is 0 Å². The van der Waals surface area contributed by atoms with Gasteiger partial charge >= 0.3 is 5.97 Å². The standard InChI is InChI=1S/C30H42O2/c1-5-6-7-8-9-10-11-12-13-14-15-16-17-18-19-20-21-26-29(31)32-28-25-23-22-24-27(28)30(2,3)4/h6-7,9-10,12-13,15-16,18-19,22-25H,5,8,11,14,17,20-21,26H2,1-4H3. The Kier molecular flexibility index (Phi) is 14.6. The molecular formula is C30H42O2. The molecule has 0 radical (unpaired) electrons. The highest BCUT2D eigenvalue weighted by atomic mass is 16.5. The quantitative estimate of drug-likeness (QED) is 0.126. The summed E-state index contributed by atoms with van der Waals surface area (Å²) in [4.78, 5) is 12.2. The molecule has 2 nitrogen and oxygen atoms in total. The number of esters is 1. The zero-order valence-corrected chi connectivity index (χ0v) is 20.6. The molecule has 0 bridgehead atoms. The van der Waals surface area contributed by atoms with Gasteiger partial charge < -0.3 is 4.74 Å². The molecule has 1 aromatic carbocycles. The van der Waals surface area contributed by atoms with Crippen LogP contribution in [0.3, 0.4) is 0 Å². The van der Waals surface area contributed by atoms with Gasteiger partial charge in [0.2, 0.25) is 0 Å². The Morgan fingerprint density at radius 2 is 1.28 bits per heavy atom. The summed E-state index contributed by atoms with van der Waals surface area (Å²) < 4.78 is 5.61. The maximum atomic E-state index is 12.2. The van der Waals surface area contributed by atoms with Crippen LogP contribution in [0.4, 0.5) is 0 Å². The predicted octanol–water partition coefficient (Wildman–Crippen LogP) is 8.81. The van der Waals surface area contributed by atoms with E-state index in [9.17, 15) is 4.79 Å². The zero-order chi connectivity index (χ0) is 23.5. The van der Waals surface area contributed by atoms with E-state index in [0.717, 1.165) is 50.5 Å². The summed E-state index contributed by atoms with van der Waals surface area (Å²) >= 11 is 0. The van der Waals surface area contributed by atoms with Crippen LogP contribution in [0.15, 0.2) is 85.0 Å². The fourth-order valence-corrected chi connectivity index (χ4v) is 3.08. The number of allylic oxidation sites excluding steroid dienone is 10. The van der Waals surface area contributed by atoms with E-state index in [0.29, 0.717) is 12.2 Å². The van der Waals surface area contributed by atoms with Crippen molar-refractivity contribution in [1.29, 1.82) is 0 Å². The van der Waals surface area contributed by atoms with Crippen LogP contribution < -0.4 is 4.74 Å². The zero-order valence-electron chi connectivity index (χ0n) is 20.6. The lowest BCUT2D eigenvalue weighted by Crippen LogP contribution is -2.16. The van der Waals surface area contributed by atoms with Crippen LogP contribution in [0.25, 0.3) is 0 Å². The first-order valence-corrected chi connectivity index (χ1v) is 12.0. The van der Waals surface area contributed by atoms with Crippen LogP contribution in [0.5, 0.6) is 5.75 Å². The number of hydrogen-bond acceptors (Lipinski definition) is 2. The third-order valence-electron chi connectivity index (χ3n) is 4.83.